The van der Waals surface area contributed by atoms with Gasteiger partial charge in [0, 0.05) is 5.56 Å². The van der Waals surface area contributed by atoms with Gasteiger partial charge in [-0.25, -0.2) is 0 Å². The maximum atomic E-state index is 12.8. The molecular weight excluding hydrogens is 436 g/mol. The predicted molar refractivity (Wildman–Crippen MR) is 124 cm³/mol. The smallest absolute Gasteiger partial charge is 0.285 e. The first-order valence-corrected chi connectivity index (χ1v) is 10.8. The second-order valence-electron chi connectivity index (χ2n) is 6.26. The molecule has 1 heterocycles. The number of ether oxygens (including phenoxy) is 3. The third-order valence-corrected chi connectivity index (χ3v) is 5.53. The van der Waals surface area contributed by atoms with Crippen molar-refractivity contribution >= 4 is 46.2 Å². The molecule has 0 atom stereocenters. The van der Waals surface area contributed by atoms with E-state index in [0.717, 1.165) is 22.3 Å². The van der Waals surface area contributed by atoms with Crippen LogP contribution in [0.2, 0.25) is 0 Å². The molecule has 2 aromatic rings. The number of methoxy groups -OCH3 is 1. The van der Waals surface area contributed by atoms with Gasteiger partial charge in [-0.3, -0.25) is 15.0 Å². The minimum atomic E-state index is -0.445. The fraction of sp³-hybridized carbons (Fsp3) is 0.227. The summed E-state index contributed by atoms with van der Waals surface area (Å²) in [4.78, 5) is 25.7. The van der Waals surface area contributed by atoms with Crippen molar-refractivity contribution in [2.24, 2.45) is 0 Å². The highest BCUT2D eigenvalue weighted by Crippen LogP contribution is 2.34. The molecule has 1 N–H and O–H groups in total. The van der Waals surface area contributed by atoms with Crippen molar-refractivity contribution in [3.63, 3.8) is 0 Å². The Bertz CT molecular complexity index is 1020. The maximum Gasteiger partial charge on any atom is 0.285 e. The molecule has 162 valence electrons. The first-order valence-electron chi connectivity index (χ1n) is 9.59. The van der Waals surface area contributed by atoms with Crippen LogP contribution in [0.5, 0.6) is 17.2 Å². The number of benzene rings is 2. The third kappa shape index (κ3) is 5.36. The Kier molecular flexibility index (Phi) is 7.54. The molecule has 1 saturated heterocycles. The van der Waals surface area contributed by atoms with Gasteiger partial charge in [-0.15, -0.1) is 0 Å². The van der Waals surface area contributed by atoms with Gasteiger partial charge in [-0.1, -0.05) is 17.8 Å². The summed E-state index contributed by atoms with van der Waals surface area (Å²) in [5.41, 5.74) is 3.70. The number of thioether (sulfide) groups is 1. The minimum absolute atomic E-state index is 0.245. The van der Waals surface area contributed by atoms with E-state index < -0.39 is 11.8 Å². The molecule has 0 aromatic heterocycles. The van der Waals surface area contributed by atoms with E-state index in [9.17, 15) is 9.59 Å². The Morgan fingerprint density at radius 2 is 1.77 bits per heavy atom. The molecular formula is C22H22N2O5S2. The standard InChI is InChI=1S/C22H22N2O5S2/c1-4-28-17-11-6-14(12-18(17)29-5-2)13-19-21(26)24(22(30)31-19)23-20(25)15-7-9-16(27-3)10-8-15/h6-13H,4-5H2,1-3H3,(H,23,25)/b19-13-. The summed E-state index contributed by atoms with van der Waals surface area (Å²) in [5, 5.41) is 1.08. The predicted octanol–water partition coefficient (Wildman–Crippen LogP) is 4.04. The SMILES string of the molecule is CCOc1ccc(/C=C2\SC(=S)N(NC(=O)c3ccc(OC)cc3)C2=O)cc1OCC. The molecule has 0 bridgehead atoms. The molecule has 1 aliphatic rings. The average Bonchev–Trinajstić information content (AvgIpc) is 3.03. The molecule has 0 radical (unpaired) electrons. The Hall–Kier alpha value is -3.04. The van der Waals surface area contributed by atoms with Crippen molar-refractivity contribution in [1.82, 2.24) is 10.4 Å². The Morgan fingerprint density at radius 3 is 2.42 bits per heavy atom. The number of nitrogens with zero attached hydrogens (tertiary/aromatic N) is 1. The van der Waals surface area contributed by atoms with Crippen molar-refractivity contribution in [2.75, 3.05) is 20.3 Å². The maximum absolute atomic E-state index is 12.8. The van der Waals surface area contributed by atoms with E-state index in [4.69, 9.17) is 26.4 Å². The van der Waals surface area contributed by atoms with Crippen LogP contribution >= 0.6 is 24.0 Å². The van der Waals surface area contributed by atoms with E-state index in [1.807, 2.05) is 19.9 Å². The lowest BCUT2D eigenvalue weighted by Gasteiger charge is -2.15. The van der Waals surface area contributed by atoms with Crippen LogP contribution in [0, 0.1) is 0 Å². The van der Waals surface area contributed by atoms with Crippen LogP contribution in [0.25, 0.3) is 6.08 Å². The highest BCUT2D eigenvalue weighted by molar-refractivity contribution is 8.26. The molecule has 7 nitrogen and oxygen atoms in total. The molecule has 9 heteroatoms. The molecule has 0 spiro atoms. The van der Waals surface area contributed by atoms with Crippen molar-refractivity contribution in [3.8, 4) is 17.2 Å². The van der Waals surface area contributed by atoms with Crippen molar-refractivity contribution < 1.29 is 23.8 Å². The first kappa shape index (κ1) is 22.6. The lowest BCUT2D eigenvalue weighted by molar-refractivity contribution is -0.123. The van der Waals surface area contributed by atoms with Gasteiger partial charge in [0.15, 0.2) is 15.8 Å². The highest BCUT2D eigenvalue weighted by Gasteiger charge is 2.33. The molecule has 0 saturated carbocycles. The van der Waals surface area contributed by atoms with E-state index >= 15 is 0 Å². The molecule has 2 aromatic carbocycles. The van der Waals surface area contributed by atoms with Crippen molar-refractivity contribution in [2.45, 2.75) is 13.8 Å². The first-order chi connectivity index (χ1) is 15.0. The molecule has 0 aliphatic carbocycles. The number of nitrogens with one attached hydrogen (secondary N) is 1. The van der Waals surface area contributed by atoms with E-state index in [2.05, 4.69) is 5.43 Å². The van der Waals surface area contributed by atoms with Gasteiger partial charge < -0.3 is 14.2 Å². The zero-order chi connectivity index (χ0) is 22.4. The number of carbonyl (C=O) groups excluding carboxylic acids is 2. The van der Waals surface area contributed by atoms with Gasteiger partial charge in [0.25, 0.3) is 11.8 Å². The number of amides is 2. The van der Waals surface area contributed by atoms with Crippen molar-refractivity contribution in [1.29, 1.82) is 0 Å². The fourth-order valence-corrected chi connectivity index (χ4v) is 3.96. The van der Waals surface area contributed by atoms with Gasteiger partial charge in [0.1, 0.15) is 5.75 Å². The van der Waals surface area contributed by atoms with Gasteiger partial charge in [-0.05, 0) is 74.1 Å². The fourth-order valence-electron chi connectivity index (χ4n) is 2.78. The number of hydrazine groups is 1. The molecule has 3 rings (SSSR count). The largest absolute Gasteiger partial charge is 0.497 e. The Labute approximate surface area is 190 Å². The summed E-state index contributed by atoms with van der Waals surface area (Å²) in [7, 11) is 1.54. The molecule has 1 aliphatic heterocycles. The zero-order valence-corrected chi connectivity index (χ0v) is 19.0. The topological polar surface area (TPSA) is 77.1 Å². The van der Waals surface area contributed by atoms with Gasteiger partial charge >= 0.3 is 0 Å². The summed E-state index contributed by atoms with van der Waals surface area (Å²) >= 11 is 6.40. The molecule has 31 heavy (non-hydrogen) atoms. The summed E-state index contributed by atoms with van der Waals surface area (Å²) in [5.74, 6) is 1.03. The highest BCUT2D eigenvalue weighted by atomic mass is 32.2. The monoisotopic (exact) mass is 458 g/mol. The number of thiocarbonyl (C=S) groups is 1. The molecule has 2 amide bonds. The van der Waals surface area contributed by atoms with Crippen molar-refractivity contribution in [3.05, 3.63) is 58.5 Å². The molecule has 0 unspecified atom stereocenters. The zero-order valence-electron chi connectivity index (χ0n) is 17.3. The second-order valence-corrected chi connectivity index (χ2v) is 7.93. The molecule has 1 fully saturated rings. The van der Waals surface area contributed by atoms with E-state index in [1.54, 1.807) is 49.6 Å². The average molecular weight is 459 g/mol. The normalized spacial score (nSPS) is 14.7. The Morgan fingerprint density at radius 1 is 1.10 bits per heavy atom. The third-order valence-electron chi connectivity index (χ3n) is 4.22. The van der Waals surface area contributed by atoms with Crippen LogP contribution in [0.4, 0.5) is 0 Å². The summed E-state index contributed by atoms with van der Waals surface area (Å²) < 4.78 is 16.5. The van der Waals surface area contributed by atoms with Crippen LogP contribution < -0.4 is 19.6 Å². The number of carbonyl (C=O) groups is 2. The van der Waals surface area contributed by atoms with Crippen LogP contribution in [0.3, 0.4) is 0 Å². The minimum Gasteiger partial charge on any atom is -0.497 e. The van der Waals surface area contributed by atoms with Gasteiger partial charge in [0.05, 0.1) is 25.2 Å². The number of hydrogen-bond donors (Lipinski definition) is 1. The number of rotatable bonds is 8. The second kappa shape index (κ2) is 10.3. The lowest BCUT2D eigenvalue weighted by atomic mass is 10.2. The quantitative estimate of drug-likeness (QED) is 0.473. The van der Waals surface area contributed by atoms with E-state index in [0.29, 0.717) is 40.9 Å². The Balaban J connectivity index is 1.76. The van der Waals surface area contributed by atoms with E-state index in [1.165, 1.54) is 0 Å². The van der Waals surface area contributed by atoms with Crippen LogP contribution in [0.15, 0.2) is 47.4 Å². The van der Waals surface area contributed by atoms with Crippen LogP contribution in [-0.2, 0) is 4.79 Å². The summed E-state index contributed by atoms with van der Waals surface area (Å²) in [6.07, 6.45) is 1.71. The van der Waals surface area contributed by atoms with E-state index in [-0.39, 0.29) is 4.32 Å². The van der Waals surface area contributed by atoms with Crippen LogP contribution in [-0.4, -0.2) is 41.5 Å². The number of hydrogen-bond acceptors (Lipinski definition) is 7. The van der Waals surface area contributed by atoms with Gasteiger partial charge in [-0.2, -0.15) is 5.01 Å². The summed E-state index contributed by atoms with van der Waals surface area (Å²) in [6, 6.07) is 12.0. The van der Waals surface area contributed by atoms with Gasteiger partial charge in [0.2, 0.25) is 0 Å². The summed E-state index contributed by atoms with van der Waals surface area (Å²) in [6.45, 7) is 4.79. The van der Waals surface area contributed by atoms with Crippen LogP contribution in [0.1, 0.15) is 29.8 Å². The lowest BCUT2D eigenvalue weighted by Crippen LogP contribution is -2.44.